The quantitative estimate of drug-likeness (QED) is 0.741. The van der Waals surface area contributed by atoms with Gasteiger partial charge >= 0.3 is 5.69 Å². The SMILES string of the molecule is O=c1[nH]ccn1CC1CCCS1(=O)=O. The molecule has 1 fully saturated rings. The summed E-state index contributed by atoms with van der Waals surface area (Å²) in [5.41, 5.74) is -0.243. The van der Waals surface area contributed by atoms with Crippen molar-refractivity contribution in [2.24, 2.45) is 0 Å². The lowest BCUT2D eigenvalue weighted by atomic mass is 10.2. The molecule has 0 aromatic carbocycles. The number of rotatable bonds is 2. The highest BCUT2D eigenvalue weighted by atomic mass is 32.2. The van der Waals surface area contributed by atoms with Gasteiger partial charge < -0.3 is 4.98 Å². The Hall–Kier alpha value is -1.04. The molecule has 0 amide bonds. The van der Waals surface area contributed by atoms with Gasteiger partial charge in [0, 0.05) is 18.9 Å². The van der Waals surface area contributed by atoms with Gasteiger partial charge in [-0.15, -0.1) is 0 Å². The minimum absolute atomic E-state index is 0.243. The molecule has 1 aromatic heterocycles. The maximum Gasteiger partial charge on any atom is 0.325 e. The maximum absolute atomic E-state index is 11.5. The summed E-state index contributed by atoms with van der Waals surface area (Å²) >= 11 is 0. The van der Waals surface area contributed by atoms with E-state index in [2.05, 4.69) is 4.98 Å². The highest BCUT2D eigenvalue weighted by molar-refractivity contribution is 7.92. The van der Waals surface area contributed by atoms with Gasteiger partial charge in [-0.25, -0.2) is 13.2 Å². The van der Waals surface area contributed by atoms with Crippen LogP contribution in [0, 0.1) is 0 Å². The fourth-order valence-corrected chi connectivity index (χ4v) is 3.59. The molecular formula is C8H12N2O3S. The van der Waals surface area contributed by atoms with Crippen LogP contribution in [0.15, 0.2) is 17.2 Å². The third-order valence-electron chi connectivity index (χ3n) is 2.59. The van der Waals surface area contributed by atoms with Gasteiger partial charge in [-0.3, -0.25) is 4.57 Å². The molecule has 1 N–H and O–H groups in total. The van der Waals surface area contributed by atoms with Crippen molar-refractivity contribution in [2.75, 3.05) is 5.75 Å². The number of nitrogens with one attached hydrogen (secondary N) is 1. The van der Waals surface area contributed by atoms with Crippen LogP contribution in [-0.4, -0.2) is 29.0 Å². The van der Waals surface area contributed by atoms with Crippen LogP contribution in [-0.2, 0) is 16.4 Å². The van der Waals surface area contributed by atoms with Crippen molar-refractivity contribution in [1.29, 1.82) is 0 Å². The van der Waals surface area contributed by atoms with Crippen molar-refractivity contribution in [3.8, 4) is 0 Å². The number of sulfone groups is 1. The molecule has 78 valence electrons. The first-order valence-corrected chi connectivity index (χ1v) is 6.26. The van der Waals surface area contributed by atoms with Crippen molar-refractivity contribution >= 4 is 9.84 Å². The minimum Gasteiger partial charge on any atom is -0.313 e. The lowest BCUT2D eigenvalue weighted by molar-refractivity contribution is 0.561. The van der Waals surface area contributed by atoms with Crippen molar-refractivity contribution in [3.05, 3.63) is 22.9 Å². The molecule has 1 aliphatic heterocycles. The van der Waals surface area contributed by atoms with E-state index in [1.165, 1.54) is 10.8 Å². The van der Waals surface area contributed by atoms with E-state index in [1.807, 2.05) is 0 Å². The molecule has 5 nitrogen and oxygen atoms in total. The number of aromatic amines is 1. The van der Waals surface area contributed by atoms with Gasteiger partial charge in [0.25, 0.3) is 0 Å². The maximum atomic E-state index is 11.5. The number of aromatic nitrogens is 2. The Bertz CT molecular complexity index is 471. The van der Waals surface area contributed by atoms with E-state index in [0.717, 1.165) is 0 Å². The highest BCUT2D eigenvalue weighted by Gasteiger charge is 2.31. The molecule has 0 aliphatic carbocycles. The molecular weight excluding hydrogens is 204 g/mol. The van der Waals surface area contributed by atoms with E-state index < -0.39 is 9.84 Å². The monoisotopic (exact) mass is 216 g/mol. The largest absolute Gasteiger partial charge is 0.325 e. The summed E-state index contributed by atoms with van der Waals surface area (Å²) in [6, 6.07) is 0. The molecule has 6 heteroatoms. The topological polar surface area (TPSA) is 71.9 Å². The molecule has 0 spiro atoms. The van der Waals surface area contributed by atoms with Crippen LogP contribution in [0.2, 0.25) is 0 Å². The van der Waals surface area contributed by atoms with Crippen LogP contribution in [0.4, 0.5) is 0 Å². The molecule has 0 saturated carbocycles. The summed E-state index contributed by atoms with van der Waals surface area (Å²) in [5.74, 6) is 0.261. The number of nitrogens with zero attached hydrogens (tertiary/aromatic N) is 1. The molecule has 1 unspecified atom stereocenters. The van der Waals surface area contributed by atoms with Crippen LogP contribution in [0.25, 0.3) is 0 Å². The average Bonchev–Trinajstić information content (AvgIpc) is 2.62. The van der Waals surface area contributed by atoms with Gasteiger partial charge in [-0.05, 0) is 12.8 Å². The smallest absolute Gasteiger partial charge is 0.313 e. The van der Waals surface area contributed by atoms with Crippen LogP contribution in [0.3, 0.4) is 0 Å². The van der Waals surface area contributed by atoms with Crippen molar-refractivity contribution in [1.82, 2.24) is 9.55 Å². The van der Waals surface area contributed by atoms with Gasteiger partial charge in [-0.1, -0.05) is 0 Å². The van der Waals surface area contributed by atoms with E-state index in [1.54, 1.807) is 6.20 Å². The summed E-state index contributed by atoms with van der Waals surface area (Å²) in [4.78, 5) is 13.6. The normalized spacial score (nSPS) is 25.3. The fraction of sp³-hybridized carbons (Fsp3) is 0.625. The number of imidazole rings is 1. The third kappa shape index (κ3) is 1.61. The Labute approximate surface area is 81.7 Å². The van der Waals surface area contributed by atoms with Gasteiger partial charge in [-0.2, -0.15) is 0 Å². The van der Waals surface area contributed by atoms with E-state index in [4.69, 9.17) is 0 Å². The highest BCUT2D eigenvalue weighted by Crippen LogP contribution is 2.20. The zero-order valence-electron chi connectivity index (χ0n) is 7.64. The molecule has 1 saturated heterocycles. The summed E-state index contributed by atoms with van der Waals surface area (Å²) in [5, 5.41) is -0.379. The second-order valence-corrected chi connectivity index (χ2v) is 5.95. The second kappa shape index (κ2) is 3.27. The Morgan fingerprint density at radius 1 is 1.57 bits per heavy atom. The van der Waals surface area contributed by atoms with E-state index in [0.29, 0.717) is 12.8 Å². The first-order valence-electron chi connectivity index (χ1n) is 4.55. The van der Waals surface area contributed by atoms with E-state index in [-0.39, 0.29) is 23.2 Å². The van der Waals surface area contributed by atoms with Crippen molar-refractivity contribution in [2.45, 2.75) is 24.6 Å². The molecule has 1 aliphatic rings. The molecule has 1 aromatic rings. The Balaban J connectivity index is 2.20. The third-order valence-corrected chi connectivity index (χ3v) is 4.84. The van der Waals surface area contributed by atoms with Crippen molar-refractivity contribution in [3.63, 3.8) is 0 Å². The predicted octanol–water partition coefficient (Wildman–Crippen LogP) is -0.246. The van der Waals surface area contributed by atoms with Crippen LogP contribution < -0.4 is 5.69 Å². The first-order chi connectivity index (χ1) is 6.59. The lowest BCUT2D eigenvalue weighted by Crippen LogP contribution is -2.27. The zero-order valence-corrected chi connectivity index (χ0v) is 8.46. The number of hydrogen-bond donors (Lipinski definition) is 1. The van der Waals surface area contributed by atoms with Crippen LogP contribution in [0.5, 0.6) is 0 Å². The molecule has 1 atom stereocenters. The minimum atomic E-state index is -2.95. The van der Waals surface area contributed by atoms with Crippen LogP contribution in [0.1, 0.15) is 12.8 Å². The lowest BCUT2D eigenvalue weighted by Gasteiger charge is -2.08. The number of H-pyrrole nitrogens is 1. The molecule has 0 radical (unpaired) electrons. The van der Waals surface area contributed by atoms with Gasteiger partial charge in [0.1, 0.15) is 0 Å². The Kier molecular flexibility index (Phi) is 2.22. The summed E-state index contributed by atoms with van der Waals surface area (Å²) in [6.07, 6.45) is 4.48. The summed E-state index contributed by atoms with van der Waals surface area (Å²) < 4.78 is 24.4. The standard InChI is InChI=1S/C8H12N2O3S/c11-8-9-3-4-10(8)6-7-2-1-5-14(7,12)13/h3-4,7H,1-2,5-6H2,(H,9,11). The Morgan fingerprint density at radius 3 is 2.86 bits per heavy atom. The second-order valence-electron chi connectivity index (χ2n) is 3.55. The molecule has 2 heterocycles. The van der Waals surface area contributed by atoms with Crippen molar-refractivity contribution < 1.29 is 8.42 Å². The number of hydrogen-bond acceptors (Lipinski definition) is 3. The van der Waals surface area contributed by atoms with Gasteiger partial charge in [0.15, 0.2) is 9.84 Å². The van der Waals surface area contributed by atoms with E-state index in [9.17, 15) is 13.2 Å². The van der Waals surface area contributed by atoms with Gasteiger partial charge in [0.05, 0.1) is 11.0 Å². The van der Waals surface area contributed by atoms with Crippen LogP contribution >= 0.6 is 0 Å². The molecule has 0 bridgehead atoms. The van der Waals surface area contributed by atoms with E-state index >= 15 is 0 Å². The summed E-state index contributed by atoms with van der Waals surface area (Å²) in [6.45, 7) is 0.282. The predicted molar refractivity (Wildman–Crippen MR) is 51.9 cm³/mol. The molecule has 2 rings (SSSR count). The Morgan fingerprint density at radius 2 is 2.36 bits per heavy atom. The molecule has 14 heavy (non-hydrogen) atoms. The average molecular weight is 216 g/mol. The fourth-order valence-electron chi connectivity index (χ4n) is 1.78. The first kappa shape index (κ1) is 9.51. The summed E-state index contributed by atoms with van der Waals surface area (Å²) in [7, 11) is -2.95. The zero-order chi connectivity index (χ0) is 10.2. The van der Waals surface area contributed by atoms with Gasteiger partial charge in [0.2, 0.25) is 0 Å².